The Labute approximate surface area is 105 Å². The van der Waals surface area contributed by atoms with Crippen LogP contribution in [0.5, 0.6) is 0 Å². The summed E-state index contributed by atoms with van der Waals surface area (Å²) in [5, 5.41) is 3.63. The molecule has 0 aliphatic carbocycles. The molecule has 1 aromatic carbocycles. The van der Waals surface area contributed by atoms with E-state index in [1.807, 2.05) is 0 Å². The summed E-state index contributed by atoms with van der Waals surface area (Å²) in [6, 6.07) is 7.64. The molecule has 94 valence electrons. The van der Waals surface area contributed by atoms with Crippen LogP contribution in [-0.4, -0.2) is 25.0 Å². The highest BCUT2D eigenvalue weighted by molar-refractivity contribution is 5.34. The van der Waals surface area contributed by atoms with E-state index in [-0.39, 0.29) is 0 Å². The van der Waals surface area contributed by atoms with Gasteiger partial charge in [0, 0.05) is 19.1 Å². The zero-order valence-electron chi connectivity index (χ0n) is 11.3. The van der Waals surface area contributed by atoms with Gasteiger partial charge in [-0.05, 0) is 43.6 Å². The molecule has 0 amide bonds. The predicted octanol–water partition coefficient (Wildman–Crippen LogP) is 2.56. The smallest absolute Gasteiger partial charge is 0.0227 e. The molecule has 0 bridgehead atoms. The molecule has 0 spiro atoms. The molecule has 2 nitrogen and oxygen atoms in total. The zero-order valence-corrected chi connectivity index (χ0v) is 11.3. The first-order valence-corrected chi connectivity index (χ1v) is 6.68. The van der Waals surface area contributed by atoms with Crippen molar-refractivity contribution >= 4 is 0 Å². The summed E-state index contributed by atoms with van der Waals surface area (Å²) in [6.07, 6.45) is 3.76. The monoisotopic (exact) mass is 232 g/mol. The summed E-state index contributed by atoms with van der Waals surface area (Å²) in [5.74, 6) is 0. The maximum Gasteiger partial charge on any atom is 0.0227 e. The molecule has 2 rings (SSSR count). The van der Waals surface area contributed by atoms with Gasteiger partial charge in [-0.25, -0.2) is 0 Å². The van der Waals surface area contributed by atoms with E-state index in [0.29, 0.717) is 6.04 Å². The van der Waals surface area contributed by atoms with E-state index in [9.17, 15) is 0 Å². The lowest BCUT2D eigenvalue weighted by molar-refractivity contribution is 0.401. The van der Waals surface area contributed by atoms with Crippen molar-refractivity contribution in [2.75, 3.05) is 14.1 Å². The molecular formula is C15H24N2. The molecule has 0 saturated heterocycles. The fourth-order valence-electron chi connectivity index (χ4n) is 2.65. The van der Waals surface area contributed by atoms with Crippen LogP contribution in [0, 0.1) is 0 Å². The lowest BCUT2D eigenvalue weighted by Gasteiger charge is -2.26. The first-order valence-electron chi connectivity index (χ1n) is 6.68. The van der Waals surface area contributed by atoms with Gasteiger partial charge in [-0.1, -0.05) is 31.5 Å². The van der Waals surface area contributed by atoms with Gasteiger partial charge in [-0.15, -0.1) is 0 Å². The molecular weight excluding hydrogens is 208 g/mol. The highest BCUT2D eigenvalue weighted by Gasteiger charge is 2.17. The molecule has 17 heavy (non-hydrogen) atoms. The van der Waals surface area contributed by atoms with Gasteiger partial charge in [0.2, 0.25) is 0 Å². The van der Waals surface area contributed by atoms with E-state index in [4.69, 9.17) is 0 Å². The highest BCUT2D eigenvalue weighted by atomic mass is 15.0. The Hall–Kier alpha value is -0.860. The minimum atomic E-state index is 0.683. The van der Waals surface area contributed by atoms with Gasteiger partial charge in [0.15, 0.2) is 0 Å². The number of hydrogen-bond donors (Lipinski definition) is 1. The first kappa shape index (κ1) is 12.6. The molecule has 0 saturated carbocycles. The molecule has 0 fully saturated rings. The molecule has 2 heteroatoms. The van der Waals surface area contributed by atoms with Crippen molar-refractivity contribution in [2.45, 2.75) is 45.3 Å². The van der Waals surface area contributed by atoms with E-state index in [2.05, 4.69) is 49.4 Å². The van der Waals surface area contributed by atoms with E-state index in [1.54, 1.807) is 5.56 Å². The van der Waals surface area contributed by atoms with Gasteiger partial charge in [-0.3, -0.25) is 0 Å². The molecule has 1 aliphatic rings. The van der Waals surface area contributed by atoms with Crippen LogP contribution < -0.4 is 5.32 Å². The predicted molar refractivity (Wildman–Crippen MR) is 73.1 cm³/mol. The second-order valence-electron chi connectivity index (χ2n) is 5.41. The van der Waals surface area contributed by atoms with E-state index >= 15 is 0 Å². The molecule has 1 N–H and O–H groups in total. The summed E-state index contributed by atoms with van der Waals surface area (Å²) in [7, 11) is 4.25. The fourth-order valence-corrected chi connectivity index (χ4v) is 2.65. The second kappa shape index (κ2) is 5.65. The number of fused-ring (bicyclic) bond motifs is 1. The SMILES string of the molecule is CCCC1Cc2cc(CN(C)C)ccc2CN1. The molecule has 1 unspecified atom stereocenters. The Kier molecular flexibility index (Phi) is 4.19. The number of nitrogens with one attached hydrogen (secondary N) is 1. The van der Waals surface area contributed by atoms with Crippen LogP contribution in [0.15, 0.2) is 18.2 Å². The highest BCUT2D eigenvalue weighted by Crippen LogP contribution is 2.20. The Morgan fingerprint density at radius 2 is 2.12 bits per heavy atom. The number of hydrogen-bond acceptors (Lipinski definition) is 2. The number of nitrogens with zero attached hydrogens (tertiary/aromatic N) is 1. The first-order chi connectivity index (χ1) is 8.19. The van der Waals surface area contributed by atoms with Gasteiger partial charge >= 0.3 is 0 Å². The Morgan fingerprint density at radius 3 is 2.82 bits per heavy atom. The van der Waals surface area contributed by atoms with Gasteiger partial charge in [-0.2, -0.15) is 0 Å². The average molecular weight is 232 g/mol. The molecule has 0 radical (unpaired) electrons. The Bertz CT molecular complexity index is 371. The zero-order chi connectivity index (χ0) is 12.3. The summed E-state index contributed by atoms with van der Waals surface area (Å²) in [5.41, 5.74) is 4.48. The lowest BCUT2D eigenvalue weighted by Crippen LogP contribution is -2.35. The topological polar surface area (TPSA) is 15.3 Å². The van der Waals surface area contributed by atoms with Gasteiger partial charge in [0.05, 0.1) is 0 Å². The molecule has 1 aliphatic heterocycles. The summed E-state index contributed by atoms with van der Waals surface area (Å²) >= 11 is 0. The standard InChI is InChI=1S/C15H24N2/c1-4-5-15-9-14-8-12(11-17(2)3)6-7-13(14)10-16-15/h6-8,15-16H,4-5,9-11H2,1-3H3. The van der Waals surface area contributed by atoms with Crippen molar-refractivity contribution in [1.29, 1.82) is 0 Å². The van der Waals surface area contributed by atoms with Crippen molar-refractivity contribution in [2.24, 2.45) is 0 Å². The van der Waals surface area contributed by atoms with E-state index < -0.39 is 0 Å². The van der Waals surface area contributed by atoms with Crippen molar-refractivity contribution < 1.29 is 0 Å². The molecule has 1 heterocycles. The lowest BCUT2D eigenvalue weighted by atomic mass is 9.92. The third-order valence-corrected chi connectivity index (χ3v) is 3.45. The van der Waals surface area contributed by atoms with Crippen molar-refractivity contribution in [1.82, 2.24) is 10.2 Å². The normalized spacial score (nSPS) is 19.4. The summed E-state index contributed by atoms with van der Waals surface area (Å²) in [4.78, 5) is 2.23. The maximum atomic E-state index is 3.63. The van der Waals surface area contributed by atoms with Crippen molar-refractivity contribution in [3.63, 3.8) is 0 Å². The van der Waals surface area contributed by atoms with Crippen LogP contribution in [-0.2, 0) is 19.5 Å². The molecule has 1 atom stereocenters. The van der Waals surface area contributed by atoms with Gasteiger partial charge < -0.3 is 10.2 Å². The van der Waals surface area contributed by atoms with Crippen LogP contribution in [0.1, 0.15) is 36.5 Å². The van der Waals surface area contributed by atoms with E-state index in [0.717, 1.165) is 13.1 Å². The third-order valence-electron chi connectivity index (χ3n) is 3.45. The minimum absolute atomic E-state index is 0.683. The third kappa shape index (κ3) is 3.30. The Morgan fingerprint density at radius 1 is 1.29 bits per heavy atom. The van der Waals surface area contributed by atoms with E-state index in [1.165, 1.54) is 30.4 Å². The largest absolute Gasteiger partial charge is 0.310 e. The summed E-state index contributed by atoms with van der Waals surface area (Å²) < 4.78 is 0. The number of rotatable bonds is 4. The van der Waals surface area contributed by atoms with Crippen LogP contribution in [0.2, 0.25) is 0 Å². The quantitative estimate of drug-likeness (QED) is 0.858. The number of benzene rings is 1. The van der Waals surface area contributed by atoms with Gasteiger partial charge in [0.25, 0.3) is 0 Å². The molecule has 0 aromatic heterocycles. The fraction of sp³-hybridized carbons (Fsp3) is 0.600. The van der Waals surface area contributed by atoms with Crippen molar-refractivity contribution in [3.05, 3.63) is 34.9 Å². The Balaban J connectivity index is 2.11. The van der Waals surface area contributed by atoms with Crippen LogP contribution in [0.25, 0.3) is 0 Å². The average Bonchev–Trinajstić information content (AvgIpc) is 2.28. The molecule has 1 aromatic rings. The minimum Gasteiger partial charge on any atom is -0.310 e. The van der Waals surface area contributed by atoms with Crippen LogP contribution >= 0.6 is 0 Å². The van der Waals surface area contributed by atoms with Gasteiger partial charge in [0.1, 0.15) is 0 Å². The maximum absolute atomic E-state index is 3.63. The second-order valence-corrected chi connectivity index (χ2v) is 5.41. The summed E-state index contributed by atoms with van der Waals surface area (Å²) in [6.45, 7) is 4.35. The van der Waals surface area contributed by atoms with Crippen LogP contribution in [0.3, 0.4) is 0 Å². The van der Waals surface area contributed by atoms with Crippen molar-refractivity contribution in [3.8, 4) is 0 Å². The van der Waals surface area contributed by atoms with Crippen LogP contribution in [0.4, 0.5) is 0 Å².